The second-order valence-electron chi connectivity index (χ2n) is 2.37. The van der Waals surface area contributed by atoms with Crippen LogP contribution in [0.3, 0.4) is 0 Å². The van der Waals surface area contributed by atoms with Crippen molar-refractivity contribution < 1.29 is 9.53 Å². The Balaban J connectivity index is 2.65. The quantitative estimate of drug-likeness (QED) is 0.386. The van der Waals surface area contributed by atoms with E-state index < -0.39 is 0 Å². The van der Waals surface area contributed by atoms with E-state index in [4.69, 9.17) is 4.74 Å². The maximum atomic E-state index is 10.7. The molecule has 50 valence electrons. The van der Waals surface area contributed by atoms with Gasteiger partial charge < -0.3 is 4.74 Å². The van der Waals surface area contributed by atoms with Crippen LogP contribution >= 0.6 is 0 Å². The number of hydrogen-bond donors (Lipinski definition) is 0. The van der Waals surface area contributed by atoms with Crippen molar-refractivity contribution in [1.29, 1.82) is 0 Å². The fourth-order valence-corrected chi connectivity index (χ4v) is 0.974. The average molecular weight is 126 g/mol. The molecule has 1 aliphatic heterocycles. The molecule has 0 aromatic heterocycles. The molecule has 2 unspecified atom stereocenters. The van der Waals surface area contributed by atoms with E-state index in [2.05, 4.69) is 6.58 Å². The first kappa shape index (κ1) is 6.33. The predicted octanol–water partition coefficient (Wildman–Crippen LogP) is 0.981. The van der Waals surface area contributed by atoms with E-state index >= 15 is 0 Å². The van der Waals surface area contributed by atoms with E-state index in [1.54, 1.807) is 6.08 Å². The highest BCUT2D eigenvalue weighted by molar-refractivity contribution is 5.76. The predicted molar refractivity (Wildman–Crippen MR) is 33.8 cm³/mol. The molecular weight excluding hydrogens is 116 g/mol. The summed E-state index contributed by atoms with van der Waals surface area (Å²) in [5, 5.41) is 0. The molecule has 0 radical (unpaired) electrons. The molecule has 1 saturated heterocycles. The SMILES string of the molecule is C=CC1C(=O)OCC1C. The van der Waals surface area contributed by atoms with Gasteiger partial charge in [0.2, 0.25) is 0 Å². The smallest absolute Gasteiger partial charge is 0.313 e. The number of carbonyl (C=O) groups excluding carboxylic acids is 1. The molecule has 0 aromatic rings. The lowest BCUT2D eigenvalue weighted by Crippen LogP contribution is -2.09. The number of esters is 1. The largest absolute Gasteiger partial charge is 0.465 e. The molecule has 9 heavy (non-hydrogen) atoms. The second kappa shape index (κ2) is 2.21. The number of carbonyl (C=O) groups is 1. The minimum absolute atomic E-state index is 0.0648. The van der Waals surface area contributed by atoms with Crippen molar-refractivity contribution in [3.05, 3.63) is 12.7 Å². The van der Waals surface area contributed by atoms with Gasteiger partial charge in [-0.2, -0.15) is 0 Å². The van der Waals surface area contributed by atoms with E-state index in [0.29, 0.717) is 12.5 Å². The van der Waals surface area contributed by atoms with Gasteiger partial charge in [-0.15, -0.1) is 6.58 Å². The highest BCUT2D eigenvalue weighted by Crippen LogP contribution is 2.21. The van der Waals surface area contributed by atoms with Crippen LogP contribution in [0.5, 0.6) is 0 Å². The molecule has 0 spiro atoms. The third kappa shape index (κ3) is 0.969. The fraction of sp³-hybridized carbons (Fsp3) is 0.571. The Morgan fingerprint density at radius 3 is 2.78 bits per heavy atom. The zero-order valence-corrected chi connectivity index (χ0v) is 5.46. The van der Waals surface area contributed by atoms with Gasteiger partial charge in [-0.1, -0.05) is 13.0 Å². The van der Waals surface area contributed by atoms with E-state index in [-0.39, 0.29) is 11.9 Å². The maximum Gasteiger partial charge on any atom is 0.313 e. The van der Waals surface area contributed by atoms with Gasteiger partial charge in [-0.25, -0.2) is 0 Å². The highest BCUT2D eigenvalue weighted by Gasteiger charge is 2.30. The molecule has 2 heteroatoms. The monoisotopic (exact) mass is 126 g/mol. The van der Waals surface area contributed by atoms with Gasteiger partial charge >= 0.3 is 5.97 Å². The standard InChI is InChI=1S/C7H10O2/c1-3-6-5(2)4-9-7(6)8/h3,5-6H,1,4H2,2H3. The number of ether oxygens (including phenoxy) is 1. The van der Waals surface area contributed by atoms with Crippen LogP contribution in [0.1, 0.15) is 6.92 Å². The van der Waals surface area contributed by atoms with Gasteiger partial charge in [-0.05, 0) is 0 Å². The Hall–Kier alpha value is -0.790. The summed E-state index contributed by atoms with van der Waals surface area (Å²) in [6.07, 6.45) is 1.65. The molecule has 0 aromatic carbocycles. The molecule has 2 atom stereocenters. The number of rotatable bonds is 1. The van der Waals surface area contributed by atoms with Crippen LogP contribution < -0.4 is 0 Å². The molecule has 2 nitrogen and oxygen atoms in total. The first-order chi connectivity index (χ1) is 4.25. The summed E-state index contributed by atoms with van der Waals surface area (Å²) < 4.78 is 4.76. The van der Waals surface area contributed by atoms with Gasteiger partial charge in [0.15, 0.2) is 0 Å². The Kier molecular flexibility index (Phi) is 1.56. The summed E-state index contributed by atoms with van der Waals surface area (Å²) in [5.74, 6) is 0.123. The first-order valence-electron chi connectivity index (χ1n) is 3.05. The Labute approximate surface area is 54.5 Å². The zero-order valence-electron chi connectivity index (χ0n) is 5.46. The van der Waals surface area contributed by atoms with Crippen molar-refractivity contribution in [2.45, 2.75) is 6.92 Å². The molecule has 0 N–H and O–H groups in total. The summed E-state index contributed by atoms with van der Waals surface area (Å²) in [7, 11) is 0. The van der Waals surface area contributed by atoms with E-state index in [0.717, 1.165) is 0 Å². The summed E-state index contributed by atoms with van der Waals surface area (Å²) in [6, 6.07) is 0. The number of hydrogen-bond acceptors (Lipinski definition) is 2. The van der Waals surface area contributed by atoms with Crippen molar-refractivity contribution >= 4 is 5.97 Å². The molecule has 0 amide bonds. The van der Waals surface area contributed by atoms with Crippen LogP contribution in [0, 0.1) is 11.8 Å². The minimum atomic E-state index is -0.127. The second-order valence-corrected chi connectivity index (χ2v) is 2.37. The molecule has 1 fully saturated rings. The molecule has 1 rings (SSSR count). The Morgan fingerprint density at radius 1 is 1.89 bits per heavy atom. The van der Waals surface area contributed by atoms with Gasteiger partial charge in [0.05, 0.1) is 12.5 Å². The van der Waals surface area contributed by atoms with E-state index in [9.17, 15) is 4.79 Å². The lowest BCUT2D eigenvalue weighted by atomic mass is 9.98. The van der Waals surface area contributed by atoms with Gasteiger partial charge in [0, 0.05) is 5.92 Å². The van der Waals surface area contributed by atoms with Crippen LogP contribution in [0.15, 0.2) is 12.7 Å². The molecule has 0 saturated carbocycles. The normalized spacial score (nSPS) is 34.1. The highest BCUT2D eigenvalue weighted by atomic mass is 16.5. The van der Waals surface area contributed by atoms with Crippen molar-refractivity contribution in [3.63, 3.8) is 0 Å². The Morgan fingerprint density at radius 2 is 2.56 bits per heavy atom. The average Bonchev–Trinajstić information content (AvgIpc) is 2.12. The molecular formula is C7H10O2. The van der Waals surface area contributed by atoms with Crippen molar-refractivity contribution in [2.75, 3.05) is 6.61 Å². The summed E-state index contributed by atoms with van der Waals surface area (Å²) in [4.78, 5) is 10.7. The molecule has 1 aliphatic rings. The Bertz CT molecular complexity index is 140. The lowest BCUT2D eigenvalue weighted by Gasteiger charge is -2.00. The van der Waals surface area contributed by atoms with Crippen LogP contribution in [-0.4, -0.2) is 12.6 Å². The maximum absolute atomic E-state index is 10.7. The summed E-state index contributed by atoms with van der Waals surface area (Å²) in [6.45, 7) is 6.08. The van der Waals surface area contributed by atoms with Crippen LogP contribution in [0.4, 0.5) is 0 Å². The van der Waals surface area contributed by atoms with Crippen LogP contribution in [0.2, 0.25) is 0 Å². The van der Waals surface area contributed by atoms with Crippen molar-refractivity contribution in [2.24, 2.45) is 11.8 Å². The third-order valence-electron chi connectivity index (χ3n) is 1.63. The first-order valence-corrected chi connectivity index (χ1v) is 3.05. The summed E-state index contributed by atoms with van der Waals surface area (Å²) in [5.41, 5.74) is 0. The topological polar surface area (TPSA) is 26.3 Å². The fourth-order valence-electron chi connectivity index (χ4n) is 0.974. The number of cyclic esters (lactones) is 1. The van der Waals surface area contributed by atoms with Crippen LogP contribution in [-0.2, 0) is 9.53 Å². The zero-order chi connectivity index (χ0) is 6.85. The van der Waals surface area contributed by atoms with Crippen molar-refractivity contribution in [1.82, 2.24) is 0 Å². The van der Waals surface area contributed by atoms with E-state index in [1.807, 2.05) is 6.92 Å². The van der Waals surface area contributed by atoms with Gasteiger partial charge in [0.25, 0.3) is 0 Å². The summed E-state index contributed by atoms with van der Waals surface area (Å²) >= 11 is 0. The molecule has 1 heterocycles. The lowest BCUT2D eigenvalue weighted by molar-refractivity contribution is -0.140. The molecule has 0 aliphatic carbocycles. The van der Waals surface area contributed by atoms with Crippen molar-refractivity contribution in [3.8, 4) is 0 Å². The van der Waals surface area contributed by atoms with Crippen LogP contribution in [0.25, 0.3) is 0 Å². The van der Waals surface area contributed by atoms with Gasteiger partial charge in [0.1, 0.15) is 0 Å². The van der Waals surface area contributed by atoms with E-state index in [1.165, 1.54) is 0 Å². The molecule has 0 bridgehead atoms. The third-order valence-corrected chi connectivity index (χ3v) is 1.63. The van der Waals surface area contributed by atoms with Gasteiger partial charge in [-0.3, -0.25) is 4.79 Å². The minimum Gasteiger partial charge on any atom is -0.465 e.